The predicted octanol–water partition coefficient (Wildman–Crippen LogP) is 6.65. The quantitative estimate of drug-likeness (QED) is 0.212. The van der Waals surface area contributed by atoms with Crippen molar-refractivity contribution in [2.75, 3.05) is 11.1 Å². The number of hydrogen-bond acceptors (Lipinski definition) is 5. The number of nitrogens with zero attached hydrogens (tertiary/aromatic N) is 2. The van der Waals surface area contributed by atoms with E-state index in [2.05, 4.69) is 19.2 Å². The first kappa shape index (κ1) is 24.5. The lowest BCUT2D eigenvalue weighted by Gasteiger charge is -2.12. The Hall–Kier alpha value is -2.61. The number of carbonyl (C=O) groups is 1. The summed E-state index contributed by atoms with van der Waals surface area (Å²) in [5.41, 5.74) is 3.50. The van der Waals surface area contributed by atoms with Gasteiger partial charge in [-0.05, 0) is 67.3 Å². The maximum Gasteiger partial charge on any atom is 0.267 e. The van der Waals surface area contributed by atoms with Gasteiger partial charge in [-0.15, -0.1) is 11.3 Å². The van der Waals surface area contributed by atoms with Crippen LogP contribution in [-0.4, -0.2) is 21.2 Å². The SMILES string of the molecule is CCCc1sc2nc(SCC(=O)Nc3ccc(CC)cc3)n(-c3ccc(Cl)cc3)c(=O)c2c1C. The second-order valence-electron chi connectivity index (χ2n) is 7.98. The number of amides is 1. The summed E-state index contributed by atoms with van der Waals surface area (Å²) in [5, 5.41) is 4.64. The average Bonchev–Trinajstić information content (AvgIpc) is 3.14. The van der Waals surface area contributed by atoms with Gasteiger partial charge in [-0.2, -0.15) is 0 Å². The molecule has 0 aliphatic carbocycles. The van der Waals surface area contributed by atoms with Crippen LogP contribution in [0.5, 0.6) is 0 Å². The van der Waals surface area contributed by atoms with Crippen LogP contribution in [-0.2, 0) is 17.6 Å². The van der Waals surface area contributed by atoms with Gasteiger partial charge in [-0.1, -0.05) is 55.8 Å². The molecule has 0 bridgehead atoms. The van der Waals surface area contributed by atoms with Crippen LogP contribution in [0.3, 0.4) is 0 Å². The molecule has 2 heterocycles. The molecule has 0 aliphatic heterocycles. The Labute approximate surface area is 212 Å². The van der Waals surface area contributed by atoms with E-state index in [1.165, 1.54) is 22.2 Å². The Bertz CT molecular complexity index is 1380. The van der Waals surface area contributed by atoms with Gasteiger partial charge in [-0.25, -0.2) is 4.98 Å². The highest BCUT2D eigenvalue weighted by atomic mass is 35.5. The van der Waals surface area contributed by atoms with E-state index in [0.717, 1.165) is 30.5 Å². The summed E-state index contributed by atoms with van der Waals surface area (Å²) >= 11 is 8.89. The molecule has 0 saturated carbocycles. The van der Waals surface area contributed by atoms with Gasteiger partial charge < -0.3 is 5.32 Å². The minimum Gasteiger partial charge on any atom is -0.325 e. The Morgan fingerprint density at radius 3 is 2.47 bits per heavy atom. The fraction of sp³-hybridized carbons (Fsp3) is 0.269. The molecule has 1 amide bonds. The van der Waals surface area contributed by atoms with Crippen LogP contribution in [0, 0.1) is 6.92 Å². The fourth-order valence-corrected chi connectivity index (χ4v) is 6.00. The molecule has 4 aromatic rings. The smallest absolute Gasteiger partial charge is 0.267 e. The third-order valence-corrected chi connectivity index (χ3v) is 8.01. The van der Waals surface area contributed by atoms with Gasteiger partial charge in [-0.3, -0.25) is 14.2 Å². The summed E-state index contributed by atoms with van der Waals surface area (Å²) in [7, 11) is 0. The third-order valence-electron chi connectivity index (χ3n) is 5.57. The maximum atomic E-state index is 13.7. The Balaban J connectivity index is 1.68. The molecule has 2 aromatic carbocycles. The largest absolute Gasteiger partial charge is 0.325 e. The monoisotopic (exact) mass is 511 g/mol. The summed E-state index contributed by atoms with van der Waals surface area (Å²) < 4.78 is 1.59. The number of rotatable bonds is 8. The zero-order valence-corrected chi connectivity index (χ0v) is 21.7. The van der Waals surface area contributed by atoms with Gasteiger partial charge in [0.2, 0.25) is 5.91 Å². The summed E-state index contributed by atoms with van der Waals surface area (Å²) in [4.78, 5) is 33.0. The van der Waals surface area contributed by atoms with Crippen LogP contribution in [0.1, 0.15) is 36.3 Å². The van der Waals surface area contributed by atoms with E-state index in [9.17, 15) is 9.59 Å². The summed E-state index contributed by atoms with van der Waals surface area (Å²) in [6.07, 6.45) is 2.86. The van der Waals surface area contributed by atoms with E-state index in [0.29, 0.717) is 26.1 Å². The highest BCUT2D eigenvalue weighted by Gasteiger charge is 2.20. The predicted molar refractivity (Wildman–Crippen MR) is 144 cm³/mol. The summed E-state index contributed by atoms with van der Waals surface area (Å²) in [5.74, 6) is -0.0203. The molecule has 0 radical (unpaired) electrons. The molecule has 0 atom stereocenters. The highest BCUT2D eigenvalue weighted by molar-refractivity contribution is 7.99. The fourth-order valence-electron chi connectivity index (χ4n) is 3.74. The zero-order valence-electron chi connectivity index (χ0n) is 19.4. The molecule has 2 aromatic heterocycles. The molecule has 8 heteroatoms. The van der Waals surface area contributed by atoms with E-state index in [1.54, 1.807) is 40.2 Å². The number of thiophene rings is 1. The summed E-state index contributed by atoms with van der Waals surface area (Å²) in [6.45, 7) is 6.21. The molecule has 0 aliphatic rings. The van der Waals surface area contributed by atoms with Crippen molar-refractivity contribution >= 4 is 56.5 Å². The lowest BCUT2D eigenvalue weighted by atomic mass is 10.1. The first-order valence-corrected chi connectivity index (χ1v) is 13.4. The van der Waals surface area contributed by atoms with Crippen LogP contribution < -0.4 is 10.9 Å². The number of anilines is 1. The number of carbonyl (C=O) groups excluding carboxylic acids is 1. The van der Waals surface area contributed by atoms with Gasteiger partial charge in [0.05, 0.1) is 16.8 Å². The second kappa shape index (κ2) is 10.8. The number of benzene rings is 2. The van der Waals surface area contributed by atoms with Crippen molar-refractivity contribution in [3.63, 3.8) is 0 Å². The number of halogens is 1. The van der Waals surface area contributed by atoms with Crippen molar-refractivity contribution in [3.8, 4) is 5.69 Å². The van der Waals surface area contributed by atoms with Crippen molar-refractivity contribution in [1.82, 2.24) is 9.55 Å². The first-order valence-electron chi connectivity index (χ1n) is 11.2. The van der Waals surface area contributed by atoms with Crippen molar-refractivity contribution in [1.29, 1.82) is 0 Å². The normalized spacial score (nSPS) is 11.2. The number of hydrogen-bond donors (Lipinski definition) is 1. The minimum atomic E-state index is -0.153. The van der Waals surface area contributed by atoms with E-state index in [1.807, 2.05) is 31.2 Å². The van der Waals surface area contributed by atoms with E-state index >= 15 is 0 Å². The van der Waals surface area contributed by atoms with Crippen molar-refractivity contribution < 1.29 is 4.79 Å². The molecule has 5 nitrogen and oxygen atoms in total. The van der Waals surface area contributed by atoms with Crippen LogP contribution in [0.2, 0.25) is 5.02 Å². The van der Waals surface area contributed by atoms with Crippen LogP contribution in [0.25, 0.3) is 15.9 Å². The van der Waals surface area contributed by atoms with Crippen molar-refractivity contribution in [3.05, 3.63) is 79.9 Å². The van der Waals surface area contributed by atoms with Crippen molar-refractivity contribution in [2.24, 2.45) is 0 Å². The molecule has 0 saturated heterocycles. The zero-order chi connectivity index (χ0) is 24.2. The van der Waals surface area contributed by atoms with Crippen LogP contribution in [0.15, 0.2) is 58.5 Å². The van der Waals surface area contributed by atoms with Gasteiger partial charge in [0.1, 0.15) is 4.83 Å². The first-order chi connectivity index (χ1) is 16.4. The molecule has 176 valence electrons. The topological polar surface area (TPSA) is 64.0 Å². The number of thioether (sulfide) groups is 1. The van der Waals surface area contributed by atoms with Gasteiger partial charge in [0, 0.05) is 15.6 Å². The van der Waals surface area contributed by atoms with E-state index in [4.69, 9.17) is 16.6 Å². The standard InChI is InChI=1S/C26H26ClN3O2S2/c1-4-6-21-16(3)23-24(34-21)29-26(30(25(23)32)20-13-9-18(27)10-14-20)33-15-22(31)28-19-11-7-17(5-2)8-12-19/h7-14H,4-6,15H2,1-3H3,(H,28,31). The summed E-state index contributed by atoms with van der Waals surface area (Å²) in [6, 6.07) is 14.9. The van der Waals surface area contributed by atoms with Gasteiger partial charge in [0.25, 0.3) is 5.56 Å². The second-order valence-corrected chi connectivity index (χ2v) is 10.4. The van der Waals surface area contributed by atoms with Crippen LogP contribution >= 0.6 is 34.7 Å². The Morgan fingerprint density at radius 2 is 1.82 bits per heavy atom. The van der Waals surface area contributed by atoms with Crippen molar-refractivity contribution in [2.45, 2.75) is 45.2 Å². The van der Waals surface area contributed by atoms with Gasteiger partial charge >= 0.3 is 0 Å². The number of aryl methyl sites for hydroxylation is 3. The molecular formula is C26H26ClN3O2S2. The molecular weight excluding hydrogens is 486 g/mol. The number of aromatic nitrogens is 2. The van der Waals surface area contributed by atoms with E-state index < -0.39 is 0 Å². The molecule has 0 spiro atoms. The Kier molecular flexibility index (Phi) is 7.76. The van der Waals surface area contributed by atoms with E-state index in [-0.39, 0.29) is 17.2 Å². The lowest BCUT2D eigenvalue weighted by Crippen LogP contribution is -2.22. The minimum absolute atomic E-state index is 0.124. The molecule has 0 unspecified atom stereocenters. The lowest BCUT2D eigenvalue weighted by molar-refractivity contribution is -0.113. The molecule has 1 N–H and O–H groups in total. The highest BCUT2D eigenvalue weighted by Crippen LogP contribution is 2.31. The molecule has 0 fully saturated rings. The van der Waals surface area contributed by atoms with Gasteiger partial charge in [0.15, 0.2) is 5.16 Å². The molecule has 34 heavy (non-hydrogen) atoms. The third kappa shape index (κ3) is 5.22. The maximum absolute atomic E-state index is 13.7. The van der Waals surface area contributed by atoms with Crippen LogP contribution in [0.4, 0.5) is 5.69 Å². The number of nitrogens with one attached hydrogen (secondary N) is 1. The number of fused-ring (bicyclic) bond motifs is 1. The average molecular weight is 512 g/mol. The molecule has 4 rings (SSSR count). The Morgan fingerprint density at radius 1 is 1.12 bits per heavy atom.